The zero-order valence-electron chi connectivity index (χ0n) is 36.2. The van der Waals surface area contributed by atoms with Crippen molar-refractivity contribution in [1.29, 1.82) is 0 Å². The molecule has 2 aliphatic rings. The van der Waals surface area contributed by atoms with Crippen LogP contribution in [0.4, 0.5) is 0 Å². The van der Waals surface area contributed by atoms with E-state index in [1.54, 1.807) is 0 Å². The highest BCUT2D eigenvalue weighted by Crippen LogP contribution is 2.30. The molecule has 0 spiro atoms. The van der Waals surface area contributed by atoms with Gasteiger partial charge in [0.2, 0.25) is 5.91 Å². The lowest BCUT2D eigenvalue weighted by Gasteiger charge is -2.46. The van der Waals surface area contributed by atoms with Crippen LogP contribution in [0.1, 0.15) is 129 Å². The molecule has 0 aliphatic carbocycles. The van der Waals surface area contributed by atoms with Crippen LogP contribution in [-0.2, 0) is 23.7 Å². The molecule has 2 heterocycles. The molecule has 0 bridgehead atoms. The molecule has 0 saturated carbocycles. The maximum Gasteiger partial charge on any atom is 0.220 e. The van der Waals surface area contributed by atoms with Crippen LogP contribution in [0.5, 0.6) is 0 Å². The standard InChI is InChI=1S/C46H79NO13/c1-3-5-7-9-10-11-12-13-14-15-16-17-18-19-20-21-22-23-24-26-28-30-38(51)47-34(35(50)29-27-25-8-6-4-2)33-57-45-43(56)41(54)44(37(32-49)59-45)60-46-42(55)40(53)39(52)36(31-48)58-46/h5,7,10-11,13-14,16-17,19-20,34-37,39-46,48-50,52-56H,3-4,6,8-9,12,15,18,21-33H2,1-2H3,(H,47,51)/b7-5-,11-10-,14-13-,17-16-,20-19-. The van der Waals surface area contributed by atoms with E-state index >= 15 is 0 Å². The fourth-order valence-corrected chi connectivity index (χ4v) is 7.02. The molecule has 0 aromatic heterocycles. The second-order valence-electron chi connectivity index (χ2n) is 15.8. The highest BCUT2D eigenvalue weighted by Gasteiger charge is 2.51. The molecule has 14 nitrogen and oxygen atoms in total. The Morgan fingerprint density at radius 2 is 1.15 bits per heavy atom. The Kier molecular flexibility index (Phi) is 29.9. The first-order valence-electron chi connectivity index (χ1n) is 22.5. The number of aliphatic hydroxyl groups is 8. The maximum absolute atomic E-state index is 13.0. The molecule has 0 aromatic carbocycles. The molecule has 2 aliphatic heterocycles. The molecular weight excluding hydrogens is 775 g/mol. The Balaban J connectivity index is 1.77. The van der Waals surface area contributed by atoms with Crippen molar-refractivity contribution in [1.82, 2.24) is 5.32 Å². The summed E-state index contributed by atoms with van der Waals surface area (Å²) in [6, 6.07) is -0.837. The highest BCUT2D eigenvalue weighted by molar-refractivity contribution is 5.76. The van der Waals surface area contributed by atoms with Crippen molar-refractivity contribution in [2.24, 2.45) is 0 Å². The van der Waals surface area contributed by atoms with Crippen LogP contribution >= 0.6 is 0 Å². The third kappa shape index (κ3) is 21.2. The van der Waals surface area contributed by atoms with Crippen molar-refractivity contribution in [3.63, 3.8) is 0 Å². The van der Waals surface area contributed by atoms with Gasteiger partial charge in [-0.15, -0.1) is 0 Å². The molecule has 1 amide bonds. The predicted octanol–water partition coefficient (Wildman–Crippen LogP) is 4.32. The van der Waals surface area contributed by atoms with Gasteiger partial charge >= 0.3 is 0 Å². The van der Waals surface area contributed by atoms with Gasteiger partial charge in [-0.05, 0) is 57.8 Å². The van der Waals surface area contributed by atoms with Gasteiger partial charge in [-0.25, -0.2) is 0 Å². The first-order valence-corrected chi connectivity index (χ1v) is 22.5. The molecule has 2 fully saturated rings. The molecule has 0 radical (unpaired) electrons. The minimum absolute atomic E-state index is 0.237. The molecule has 346 valence electrons. The van der Waals surface area contributed by atoms with Crippen LogP contribution in [0.25, 0.3) is 0 Å². The molecule has 60 heavy (non-hydrogen) atoms. The smallest absolute Gasteiger partial charge is 0.220 e. The predicted molar refractivity (Wildman–Crippen MR) is 230 cm³/mol. The van der Waals surface area contributed by atoms with Gasteiger partial charge in [-0.3, -0.25) is 4.79 Å². The van der Waals surface area contributed by atoms with Crippen molar-refractivity contribution in [2.75, 3.05) is 19.8 Å². The summed E-state index contributed by atoms with van der Waals surface area (Å²) in [4.78, 5) is 13.0. The summed E-state index contributed by atoms with van der Waals surface area (Å²) in [5.74, 6) is -0.237. The molecular formula is C46H79NO13. The van der Waals surface area contributed by atoms with E-state index in [1.165, 1.54) is 0 Å². The molecule has 12 unspecified atom stereocenters. The van der Waals surface area contributed by atoms with Gasteiger partial charge in [0.25, 0.3) is 0 Å². The van der Waals surface area contributed by atoms with Crippen molar-refractivity contribution in [3.8, 4) is 0 Å². The SMILES string of the molecule is CC/C=C\C/C=C\C/C=C\C/C=C\C/C=C\CCCCCCCC(=O)NC(COC1OC(CO)C(OC2OC(CO)C(O)C(O)C2O)C(O)C1O)C(O)CCCCCCC. The topological polar surface area (TPSA) is 228 Å². The van der Waals surface area contributed by atoms with Crippen LogP contribution in [0.3, 0.4) is 0 Å². The zero-order chi connectivity index (χ0) is 44.0. The molecule has 12 atom stereocenters. The number of amides is 1. The Hall–Kier alpha value is -2.31. The van der Waals surface area contributed by atoms with E-state index in [0.717, 1.165) is 96.3 Å². The molecule has 14 heteroatoms. The lowest BCUT2D eigenvalue weighted by atomic mass is 9.97. The van der Waals surface area contributed by atoms with E-state index in [9.17, 15) is 45.6 Å². The van der Waals surface area contributed by atoms with Crippen molar-refractivity contribution in [3.05, 3.63) is 60.8 Å². The minimum Gasteiger partial charge on any atom is -0.394 e. The monoisotopic (exact) mass is 854 g/mol. The number of aliphatic hydroxyl groups excluding tert-OH is 8. The summed E-state index contributed by atoms with van der Waals surface area (Å²) >= 11 is 0. The van der Waals surface area contributed by atoms with E-state index in [2.05, 4.69) is 79.9 Å². The lowest BCUT2D eigenvalue weighted by Crippen LogP contribution is -2.65. The summed E-state index contributed by atoms with van der Waals surface area (Å²) in [6.07, 6.45) is 21.4. The van der Waals surface area contributed by atoms with E-state index in [1.807, 2.05) is 0 Å². The second kappa shape index (κ2) is 33.3. The summed E-state index contributed by atoms with van der Waals surface area (Å²) in [6.45, 7) is 2.58. The van der Waals surface area contributed by atoms with Crippen LogP contribution in [0, 0.1) is 0 Å². The first-order chi connectivity index (χ1) is 29.1. The maximum atomic E-state index is 13.0. The summed E-state index contributed by atoms with van der Waals surface area (Å²) in [5, 5.41) is 86.1. The first kappa shape index (κ1) is 53.8. The number of allylic oxidation sites excluding steroid dienone is 10. The average molecular weight is 854 g/mol. The minimum atomic E-state index is -1.78. The zero-order valence-corrected chi connectivity index (χ0v) is 36.2. The Morgan fingerprint density at radius 1 is 0.617 bits per heavy atom. The third-order valence-corrected chi connectivity index (χ3v) is 10.7. The van der Waals surface area contributed by atoms with E-state index < -0.39 is 86.8 Å². The largest absolute Gasteiger partial charge is 0.394 e. The van der Waals surface area contributed by atoms with Crippen LogP contribution in [0.15, 0.2) is 60.8 Å². The van der Waals surface area contributed by atoms with Crippen molar-refractivity contribution < 1.29 is 64.6 Å². The number of carbonyl (C=O) groups excluding carboxylic acids is 1. The van der Waals surface area contributed by atoms with Gasteiger partial charge in [-0.2, -0.15) is 0 Å². The van der Waals surface area contributed by atoms with Gasteiger partial charge in [0, 0.05) is 6.42 Å². The Labute approximate surface area is 358 Å². The van der Waals surface area contributed by atoms with Gasteiger partial charge < -0.3 is 65.1 Å². The van der Waals surface area contributed by atoms with Gasteiger partial charge in [0.1, 0.15) is 48.8 Å². The number of hydrogen-bond donors (Lipinski definition) is 9. The molecule has 2 rings (SSSR count). The molecule has 2 saturated heterocycles. The number of unbranched alkanes of at least 4 members (excludes halogenated alkanes) is 9. The summed E-state index contributed by atoms with van der Waals surface area (Å²) < 4.78 is 22.5. The van der Waals surface area contributed by atoms with Crippen molar-refractivity contribution >= 4 is 5.91 Å². The van der Waals surface area contributed by atoms with E-state index in [-0.39, 0.29) is 18.9 Å². The van der Waals surface area contributed by atoms with Crippen LogP contribution < -0.4 is 5.32 Å². The molecule has 9 N–H and O–H groups in total. The number of rotatable bonds is 32. The normalized spacial score (nSPS) is 28.8. The highest BCUT2D eigenvalue weighted by atomic mass is 16.7. The summed E-state index contributed by atoms with van der Waals surface area (Å²) in [7, 11) is 0. The number of carbonyl (C=O) groups is 1. The molecule has 0 aromatic rings. The van der Waals surface area contributed by atoms with Crippen LogP contribution in [-0.4, -0.2) is 140 Å². The third-order valence-electron chi connectivity index (χ3n) is 10.7. The van der Waals surface area contributed by atoms with Crippen LogP contribution in [0.2, 0.25) is 0 Å². The lowest BCUT2D eigenvalue weighted by molar-refractivity contribution is -0.359. The van der Waals surface area contributed by atoms with Gasteiger partial charge in [0.15, 0.2) is 12.6 Å². The number of nitrogens with one attached hydrogen (secondary N) is 1. The fourth-order valence-electron chi connectivity index (χ4n) is 7.02. The van der Waals surface area contributed by atoms with E-state index in [0.29, 0.717) is 12.8 Å². The quantitative estimate of drug-likeness (QED) is 0.0340. The number of hydrogen-bond acceptors (Lipinski definition) is 13. The number of ether oxygens (including phenoxy) is 4. The summed E-state index contributed by atoms with van der Waals surface area (Å²) in [5.41, 5.74) is 0. The van der Waals surface area contributed by atoms with Gasteiger partial charge in [-0.1, -0.05) is 126 Å². The van der Waals surface area contributed by atoms with E-state index in [4.69, 9.17) is 18.9 Å². The second-order valence-corrected chi connectivity index (χ2v) is 15.8. The Morgan fingerprint density at radius 3 is 1.77 bits per heavy atom. The Bertz CT molecular complexity index is 1240. The van der Waals surface area contributed by atoms with Gasteiger partial charge in [0.05, 0.1) is 32.0 Å². The average Bonchev–Trinajstić information content (AvgIpc) is 3.24. The van der Waals surface area contributed by atoms with Crippen molar-refractivity contribution in [2.45, 2.75) is 203 Å². The fraction of sp³-hybridized carbons (Fsp3) is 0.761.